The number of imide groups is 1. The van der Waals surface area contributed by atoms with Gasteiger partial charge in [0.25, 0.3) is 5.91 Å². The number of ketones is 1. The van der Waals surface area contributed by atoms with Crippen LogP contribution < -0.4 is 5.32 Å². The van der Waals surface area contributed by atoms with Crippen molar-refractivity contribution in [1.82, 2.24) is 29.8 Å². The number of H-pyrrole nitrogens is 1. The molecule has 0 bridgehead atoms. The van der Waals surface area contributed by atoms with Gasteiger partial charge in [-0.25, -0.2) is 14.3 Å². The number of fused-ring (bicyclic) bond motifs is 2. The second kappa shape index (κ2) is 10.4. The third-order valence-electron chi connectivity index (χ3n) is 8.54. The molecule has 4 heterocycles. The minimum absolute atomic E-state index is 0.00388. The van der Waals surface area contributed by atoms with Crippen LogP contribution in [0.3, 0.4) is 0 Å². The van der Waals surface area contributed by atoms with Crippen molar-refractivity contribution in [2.24, 2.45) is 0 Å². The van der Waals surface area contributed by atoms with Crippen LogP contribution in [0.25, 0.3) is 16.6 Å². The Balaban J connectivity index is 0.971. The summed E-state index contributed by atoms with van der Waals surface area (Å²) in [6.07, 6.45) is 7.48. The molecule has 0 radical (unpaired) electrons. The highest BCUT2D eigenvalue weighted by Crippen LogP contribution is 2.55. The Bertz CT molecular complexity index is 1880. The largest absolute Gasteiger partial charge is 0.360 e. The van der Waals surface area contributed by atoms with E-state index in [4.69, 9.17) is 11.6 Å². The molecule has 3 aromatic heterocycles. The summed E-state index contributed by atoms with van der Waals surface area (Å²) >= 11 is 6.26. The average Bonchev–Trinajstić information content (AvgIpc) is 3.33. The number of hydrogen-bond acceptors (Lipinski definition) is 5. The number of aryl methyl sites for hydroxylation is 1. The van der Waals surface area contributed by atoms with Crippen LogP contribution in [0.2, 0.25) is 5.02 Å². The minimum Gasteiger partial charge on any atom is -0.360 e. The van der Waals surface area contributed by atoms with Gasteiger partial charge >= 0.3 is 6.03 Å². The van der Waals surface area contributed by atoms with Crippen molar-refractivity contribution in [3.63, 3.8) is 0 Å². The third-order valence-corrected chi connectivity index (χ3v) is 8.86. The van der Waals surface area contributed by atoms with Crippen LogP contribution in [0, 0.1) is 6.92 Å². The number of nitrogens with one attached hydrogen (secondary N) is 2. The van der Waals surface area contributed by atoms with Crippen LogP contribution in [0.15, 0.2) is 67.1 Å². The van der Waals surface area contributed by atoms with Crippen LogP contribution in [-0.2, 0) is 11.2 Å². The number of nitrogens with zero attached hydrogens (tertiary/aromatic N) is 4. The van der Waals surface area contributed by atoms with E-state index in [1.807, 2.05) is 59.4 Å². The zero-order valence-electron chi connectivity index (χ0n) is 23.0. The Morgan fingerprint density at radius 2 is 2.00 bits per heavy atom. The van der Waals surface area contributed by atoms with Crippen molar-refractivity contribution < 1.29 is 14.4 Å². The summed E-state index contributed by atoms with van der Waals surface area (Å²) in [4.78, 5) is 47.7. The topological polar surface area (TPSA) is 112 Å². The van der Waals surface area contributed by atoms with E-state index < -0.39 is 12.1 Å². The number of benzene rings is 2. The van der Waals surface area contributed by atoms with E-state index in [2.05, 4.69) is 27.3 Å². The predicted octanol–water partition coefficient (Wildman–Crippen LogP) is 5.57. The molecule has 2 unspecified atom stereocenters. The number of imidazole rings is 1. The van der Waals surface area contributed by atoms with Crippen LogP contribution in [0.5, 0.6) is 0 Å². The van der Waals surface area contributed by atoms with Gasteiger partial charge in [-0.2, -0.15) is 5.10 Å². The molecule has 7 rings (SSSR count). The normalized spacial score (nSPS) is 20.0. The first kappa shape index (κ1) is 26.4. The summed E-state index contributed by atoms with van der Waals surface area (Å²) in [5.74, 6) is 0.357. The third kappa shape index (κ3) is 4.63. The van der Waals surface area contributed by atoms with Gasteiger partial charge in [-0.3, -0.25) is 14.5 Å². The molecule has 9 nitrogen and oxygen atoms in total. The fourth-order valence-electron chi connectivity index (χ4n) is 6.21. The van der Waals surface area contributed by atoms with Crippen LogP contribution in [0.1, 0.15) is 63.8 Å². The SMILES string of the molecule is Cc1ccc(C(=O)CCCN2C(=O)NC(Cc3c[nH]c4c(Cl)cccc34)C2=O)cc1C1C[C@@H]1c1cnc2cccnn12. The van der Waals surface area contributed by atoms with E-state index in [1.54, 1.807) is 12.3 Å². The lowest BCUT2D eigenvalue weighted by Gasteiger charge is -2.13. The number of Topliss-reactive ketones (excluding diaryl/α,β-unsaturated/α-hetero) is 1. The van der Waals surface area contributed by atoms with Gasteiger partial charge < -0.3 is 10.3 Å². The van der Waals surface area contributed by atoms with E-state index in [1.165, 1.54) is 10.5 Å². The molecule has 3 amide bonds. The number of carbonyl (C=O) groups excluding carboxylic acids is 3. The van der Waals surface area contributed by atoms with Crippen molar-refractivity contribution in [3.05, 3.63) is 100 Å². The van der Waals surface area contributed by atoms with Crippen LogP contribution in [0.4, 0.5) is 4.79 Å². The molecular formula is C32H29ClN6O3. The minimum atomic E-state index is -0.652. The van der Waals surface area contributed by atoms with E-state index in [0.717, 1.165) is 39.8 Å². The maximum absolute atomic E-state index is 13.2. The first-order valence-electron chi connectivity index (χ1n) is 14.2. The molecule has 0 spiro atoms. The summed E-state index contributed by atoms with van der Waals surface area (Å²) in [6, 6.07) is 14.2. The summed E-state index contributed by atoms with van der Waals surface area (Å²) in [5, 5.41) is 8.78. The fraction of sp³-hybridized carbons (Fsp3) is 0.281. The smallest absolute Gasteiger partial charge is 0.324 e. The molecule has 2 N–H and O–H groups in total. The molecule has 10 heteroatoms. The van der Waals surface area contributed by atoms with Crippen molar-refractivity contribution in [1.29, 1.82) is 0 Å². The first-order valence-corrected chi connectivity index (χ1v) is 14.6. The summed E-state index contributed by atoms with van der Waals surface area (Å²) in [7, 11) is 0. The Kier molecular flexibility index (Phi) is 6.54. The number of halogens is 1. The number of amides is 3. The van der Waals surface area contributed by atoms with E-state index in [-0.39, 0.29) is 24.7 Å². The molecule has 2 aliphatic rings. The van der Waals surface area contributed by atoms with Crippen molar-refractivity contribution in [2.75, 3.05) is 6.54 Å². The van der Waals surface area contributed by atoms with Crippen molar-refractivity contribution >= 4 is 45.9 Å². The highest BCUT2D eigenvalue weighted by Gasteiger charge is 2.43. The maximum Gasteiger partial charge on any atom is 0.324 e. The van der Waals surface area contributed by atoms with E-state index in [0.29, 0.717) is 35.3 Å². The zero-order chi connectivity index (χ0) is 29.0. The van der Waals surface area contributed by atoms with Crippen molar-refractivity contribution in [2.45, 2.75) is 50.5 Å². The molecule has 5 aromatic rings. The predicted molar refractivity (Wildman–Crippen MR) is 159 cm³/mol. The molecule has 42 heavy (non-hydrogen) atoms. The monoisotopic (exact) mass is 580 g/mol. The Morgan fingerprint density at radius 3 is 2.88 bits per heavy atom. The Labute approximate surface area is 246 Å². The molecule has 1 aliphatic carbocycles. The molecule has 3 atom stereocenters. The Hall–Kier alpha value is -4.50. The van der Waals surface area contributed by atoms with Gasteiger partial charge in [0.15, 0.2) is 11.4 Å². The average molecular weight is 581 g/mol. The number of carbonyl (C=O) groups is 3. The summed E-state index contributed by atoms with van der Waals surface area (Å²) < 4.78 is 1.89. The number of rotatable bonds is 9. The highest BCUT2D eigenvalue weighted by atomic mass is 35.5. The second-order valence-corrected chi connectivity index (χ2v) is 11.6. The molecule has 212 valence electrons. The first-order chi connectivity index (χ1) is 20.4. The molecular weight excluding hydrogens is 552 g/mol. The van der Waals surface area contributed by atoms with Crippen LogP contribution >= 0.6 is 11.6 Å². The fourth-order valence-corrected chi connectivity index (χ4v) is 6.44. The molecule has 1 saturated carbocycles. The van der Waals surface area contributed by atoms with Gasteiger partial charge in [0, 0.05) is 48.6 Å². The van der Waals surface area contributed by atoms with Crippen LogP contribution in [-0.4, -0.2) is 54.8 Å². The van der Waals surface area contributed by atoms with E-state index >= 15 is 0 Å². The van der Waals surface area contributed by atoms with Gasteiger partial charge in [0.2, 0.25) is 0 Å². The lowest BCUT2D eigenvalue weighted by Crippen LogP contribution is -2.33. The van der Waals surface area contributed by atoms with Gasteiger partial charge in [-0.1, -0.05) is 35.9 Å². The van der Waals surface area contributed by atoms with E-state index in [9.17, 15) is 14.4 Å². The standard InChI is InChI=1S/C32H29ClN6O3/c1-18-9-10-19(13-22(18)23-15-24(23)27-17-34-29-8-3-11-36-39(27)29)28(40)7-4-12-38-31(41)26(37-32(38)42)14-20-16-35-30-21(20)5-2-6-25(30)33/h2-3,5-6,8-11,13,16-17,23-24,26,35H,4,7,12,14-15H2,1H3,(H,37,42)/t23?,24-,26?/m0/s1. The number of aromatic nitrogens is 4. The van der Waals surface area contributed by atoms with Gasteiger partial charge in [-0.15, -0.1) is 0 Å². The van der Waals surface area contributed by atoms with Gasteiger partial charge in [0.05, 0.1) is 22.4 Å². The number of hydrogen-bond donors (Lipinski definition) is 2. The quantitative estimate of drug-likeness (QED) is 0.175. The molecule has 1 aliphatic heterocycles. The zero-order valence-corrected chi connectivity index (χ0v) is 23.8. The van der Waals surface area contributed by atoms with Crippen molar-refractivity contribution in [3.8, 4) is 0 Å². The highest BCUT2D eigenvalue weighted by molar-refractivity contribution is 6.35. The lowest BCUT2D eigenvalue weighted by atomic mass is 9.96. The molecule has 2 fully saturated rings. The summed E-state index contributed by atoms with van der Waals surface area (Å²) in [5.41, 5.74) is 6.63. The number of para-hydroxylation sites is 1. The number of urea groups is 1. The second-order valence-electron chi connectivity index (χ2n) is 11.2. The molecule has 1 saturated heterocycles. The molecule has 2 aromatic carbocycles. The number of aromatic amines is 1. The maximum atomic E-state index is 13.2. The Morgan fingerprint density at radius 1 is 1.12 bits per heavy atom. The van der Waals surface area contributed by atoms with Gasteiger partial charge in [-0.05, 0) is 66.6 Å². The summed E-state index contributed by atoms with van der Waals surface area (Å²) in [6.45, 7) is 2.27. The lowest BCUT2D eigenvalue weighted by molar-refractivity contribution is -0.127. The van der Waals surface area contributed by atoms with Gasteiger partial charge in [0.1, 0.15) is 6.04 Å².